The fraction of sp³-hybridized carbons (Fsp3) is 0.261. The third-order valence-electron chi connectivity index (χ3n) is 5.78. The number of benzene rings is 2. The SMILES string of the molecule is Cc1ccc(-c2ccc3c(c2)C(F)(F)C(F)(F)C(F)(F)C3(F)F)cc1-c1cccc[n+]1C. The molecule has 0 saturated heterocycles. The van der Waals surface area contributed by atoms with Gasteiger partial charge in [0, 0.05) is 28.8 Å². The van der Waals surface area contributed by atoms with Gasteiger partial charge in [-0.05, 0) is 41.8 Å². The Hall–Kier alpha value is -2.97. The smallest absolute Gasteiger partial charge is 0.201 e. The molecule has 1 aliphatic rings. The molecule has 0 N–H and O–H groups in total. The fourth-order valence-electron chi connectivity index (χ4n) is 3.87. The molecular weight excluding hydrogens is 442 g/mol. The van der Waals surface area contributed by atoms with Gasteiger partial charge in [-0.25, -0.2) is 4.57 Å². The summed E-state index contributed by atoms with van der Waals surface area (Å²) in [7, 11) is 1.78. The number of rotatable bonds is 2. The number of nitrogens with zero attached hydrogens (tertiary/aromatic N) is 1. The van der Waals surface area contributed by atoms with Crippen LogP contribution in [0.15, 0.2) is 60.8 Å². The molecule has 1 heterocycles. The number of hydrogen-bond acceptors (Lipinski definition) is 0. The van der Waals surface area contributed by atoms with Crippen molar-refractivity contribution in [2.24, 2.45) is 7.05 Å². The Labute approximate surface area is 177 Å². The predicted molar refractivity (Wildman–Crippen MR) is 101 cm³/mol. The number of alkyl halides is 8. The average molecular weight is 458 g/mol. The minimum Gasteiger partial charge on any atom is -0.201 e. The molecule has 168 valence electrons. The minimum atomic E-state index is -6.27. The second-order valence-electron chi connectivity index (χ2n) is 7.78. The molecule has 0 atom stereocenters. The van der Waals surface area contributed by atoms with Crippen LogP contribution in [0.25, 0.3) is 22.4 Å². The van der Waals surface area contributed by atoms with Crippen LogP contribution in [0.4, 0.5) is 35.1 Å². The van der Waals surface area contributed by atoms with Gasteiger partial charge >= 0.3 is 23.7 Å². The summed E-state index contributed by atoms with van der Waals surface area (Å²) in [6.45, 7) is 1.80. The van der Waals surface area contributed by atoms with Crippen molar-refractivity contribution in [2.75, 3.05) is 0 Å². The third kappa shape index (κ3) is 2.79. The molecule has 0 unspecified atom stereocenters. The second-order valence-corrected chi connectivity index (χ2v) is 7.78. The highest BCUT2D eigenvalue weighted by atomic mass is 19.4. The third-order valence-corrected chi connectivity index (χ3v) is 5.78. The number of aromatic nitrogens is 1. The maximum atomic E-state index is 14.4. The van der Waals surface area contributed by atoms with E-state index in [9.17, 15) is 35.1 Å². The summed E-state index contributed by atoms with van der Waals surface area (Å²) in [5, 5.41) is 0. The van der Waals surface area contributed by atoms with Gasteiger partial charge in [0.15, 0.2) is 6.20 Å². The van der Waals surface area contributed by atoms with Crippen LogP contribution >= 0.6 is 0 Å². The standard InChI is InChI=1S/C23H16F8N/c1-13-6-7-14(11-16(13)19-5-3-4-10-32(19)2)15-8-9-17-18(12-15)21(26,27)23(30,31)22(28,29)20(17,24)25/h3-12H,1-2H3/q+1. The molecule has 0 amide bonds. The molecule has 3 aromatic rings. The average Bonchev–Trinajstić information content (AvgIpc) is 2.73. The van der Waals surface area contributed by atoms with Crippen LogP contribution < -0.4 is 4.57 Å². The van der Waals surface area contributed by atoms with E-state index in [1.54, 1.807) is 55.1 Å². The monoisotopic (exact) mass is 458 g/mol. The normalized spacial score (nSPS) is 19.9. The first-order valence-corrected chi connectivity index (χ1v) is 9.46. The molecule has 2 aromatic carbocycles. The lowest BCUT2D eigenvalue weighted by molar-refractivity contribution is -0.660. The number of pyridine rings is 1. The van der Waals surface area contributed by atoms with Gasteiger partial charge in [0.05, 0.1) is 0 Å². The van der Waals surface area contributed by atoms with Gasteiger partial charge in [0.2, 0.25) is 5.69 Å². The molecule has 4 rings (SSSR count). The van der Waals surface area contributed by atoms with Crippen molar-refractivity contribution in [1.82, 2.24) is 0 Å². The second kappa shape index (κ2) is 6.76. The zero-order chi connectivity index (χ0) is 23.7. The van der Waals surface area contributed by atoms with E-state index in [0.717, 1.165) is 17.3 Å². The van der Waals surface area contributed by atoms with Crippen LogP contribution in [0.5, 0.6) is 0 Å². The highest BCUT2D eigenvalue weighted by molar-refractivity contribution is 5.74. The van der Waals surface area contributed by atoms with Crippen LogP contribution in [0.1, 0.15) is 16.7 Å². The summed E-state index contributed by atoms with van der Waals surface area (Å²) in [6.07, 6.45) is 1.78. The molecule has 0 radical (unpaired) electrons. The number of hydrogen-bond donors (Lipinski definition) is 0. The van der Waals surface area contributed by atoms with Crippen LogP contribution in [0.3, 0.4) is 0 Å². The maximum Gasteiger partial charge on any atom is 0.382 e. The van der Waals surface area contributed by atoms with E-state index >= 15 is 0 Å². The first kappa shape index (κ1) is 22.2. The number of fused-ring (bicyclic) bond motifs is 1. The van der Waals surface area contributed by atoms with Gasteiger partial charge in [0.1, 0.15) is 7.05 Å². The van der Waals surface area contributed by atoms with E-state index in [1.807, 2.05) is 0 Å². The summed E-state index contributed by atoms with van der Waals surface area (Å²) in [6, 6.07) is 11.9. The van der Waals surface area contributed by atoms with Crippen molar-refractivity contribution < 1.29 is 39.7 Å². The molecule has 0 fully saturated rings. The Morgan fingerprint density at radius 2 is 1.22 bits per heavy atom. The van der Waals surface area contributed by atoms with Gasteiger partial charge in [-0.3, -0.25) is 0 Å². The summed E-state index contributed by atoms with van der Waals surface area (Å²) < 4.78 is 114. The summed E-state index contributed by atoms with van der Waals surface area (Å²) in [5.41, 5.74) is -1.17. The van der Waals surface area contributed by atoms with Crippen molar-refractivity contribution in [1.29, 1.82) is 0 Å². The number of halogens is 8. The Morgan fingerprint density at radius 3 is 1.84 bits per heavy atom. The van der Waals surface area contributed by atoms with Gasteiger partial charge in [-0.2, -0.15) is 35.1 Å². The maximum absolute atomic E-state index is 14.4. The fourth-order valence-corrected chi connectivity index (χ4v) is 3.87. The summed E-state index contributed by atoms with van der Waals surface area (Å²) >= 11 is 0. The highest BCUT2D eigenvalue weighted by Gasteiger charge is 2.85. The Morgan fingerprint density at radius 1 is 0.656 bits per heavy atom. The van der Waals surface area contributed by atoms with Gasteiger partial charge in [-0.1, -0.05) is 24.3 Å². The quantitative estimate of drug-likeness (QED) is 0.300. The van der Waals surface area contributed by atoms with Gasteiger partial charge in [-0.15, -0.1) is 0 Å². The van der Waals surface area contributed by atoms with Crippen LogP contribution in [0, 0.1) is 6.92 Å². The van der Waals surface area contributed by atoms with E-state index in [2.05, 4.69) is 0 Å². The van der Waals surface area contributed by atoms with E-state index in [0.29, 0.717) is 17.7 Å². The molecular formula is C23H16F8N+. The minimum absolute atomic E-state index is 0.0833. The number of aryl methyl sites for hydroxylation is 2. The van der Waals surface area contributed by atoms with Crippen LogP contribution in [-0.2, 0) is 18.9 Å². The molecule has 0 bridgehead atoms. The summed E-state index contributed by atoms with van der Waals surface area (Å²) in [4.78, 5) is 0. The molecule has 0 aliphatic heterocycles. The Kier molecular flexibility index (Phi) is 4.70. The van der Waals surface area contributed by atoms with Gasteiger partial charge in [0.25, 0.3) is 0 Å². The van der Waals surface area contributed by atoms with Crippen LogP contribution in [0.2, 0.25) is 0 Å². The summed E-state index contributed by atoms with van der Waals surface area (Å²) in [5.74, 6) is -23.5. The Bertz CT molecular complexity index is 1220. The topological polar surface area (TPSA) is 3.88 Å². The molecule has 1 nitrogen and oxygen atoms in total. The largest absolute Gasteiger partial charge is 0.382 e. The molecule has 1 aliphatic carbocycles. The molecule has 32 heavy (non-hydrogen) atoms. The molecule has 0 spiro atoms. The lowest BCUT2D eigenvalue weighted by Crippen LogP contribution is -2.63. The van der Waals surface area contributed by atoms with Crippen molar-refractivity contribution >= 4 is 0 Å². The molecule has 9 heteroatoms. The van der Waals surface area contributed by atoms with E-state index in [-0.39, 0.29) is 11.1 Å². The van der Waals surface area contributed by atoms with Crippen molar-refractivity contribution in [3.63, 3.8) is 0 Å². The van der Waals surface area contributed by atoms with Crippen molar-refractivity contribution in [3.05, 3.63) is 77.5 Å². The first-order chi connectivity index (χ1) is 14.7. The first-order valence-electron chi connectivity index (χ1n) is 9.46. The van der Waals surface area contributed by atoms with Gasteiger partial charge < -0.3 is 0 Å². The van der Waals surface area contributed by atoms with Crippen molar-refractivity contribution in [3.8, 4) is 22.4 Å². The molecule has 1 aromatic heterocycles. The lowest BCUT2D eigenvalue weighted by atomic mass is 9.79. The zero-order valence-corrected chi connectivity index (χ0v) is 16.7. The van der Waals surface area contributed by atoms with E-state index < -0.39 is 34.8 Å². The Balaban J connectivity index is 1.92. The molecule has 0 saturated carbocycles. The van der Waals surface area contributed by atoms with Crippen molar-refractivity contribution in [2.45, 2.75) is 30.6 Å². The lowest BCUT2D eigenvalue weighted by Gasteiger charge is -2.42. The van der Waals surface area contributed by atoms with E-state index in [4.69, 9.17) is 0 Å². The predicted octanol–water partition coefficient (Wildman–Crippen LogP) is 6.62. The van der Waals surface area contributed by atoms with Crippen LogP contribution in [-0.4, -0.2) is 11.8 Å². The zero-order valence-electron chi connectivity index (χ0n) is 16.7. The highest BCUT2D eigenvalue weighted by Crippen LogP contribution is 2.64. The van der Waals surface area contributed by atoms with E-state index in [1.165, 1.54) is 6.07 Å².